The first kappa shape index (κ1) is 5.49. The van der Waals surface area contributed by atoms with E-state index in [0.717, 1.165) is 0 Å². The first-order chi connectivity index (χ1) is 4.86. The molecule has 1 N–H and O–H groups in total. The summed E-state index contributed by atoms with van der Waals surface area (Å²) in [7, 11) is 0. The van der Waals surface area contributed by atoms with Gasteiger partial charge in [-0.2, -0.15) is 0 Å². The molecule has 0 amide bonds. The van der Waals surface area contributed by atoms with Crippen LogP contribution in [-0.2, 0) is 14.2 Å². The van der Waals surface area contributed by atoms with Crippen molar-refractivity contribution in [2.45, 2.75) is 30.7 Å². The second-order valence-electron chi connectivity index (χ2n) is 2.93. The molecule has 5 atom stereocenters. The highest BCUT2D eigenvalue weighted by Crippen LogP contribution is 2.41. The average Bonchev–Trinajstić information content (AvgIpc) is 2.61. The van der Waals surface area contributed by atoms with Crippen molar-refractivity contribution in [3.05, 3.63) is 0 Å². The molecule has 0 aromatic rings. The van der Waals surface area contributed by atoms with Crippen molar-refractivity contribution in [2.24, 2.45) is 0 Å². The van der Waals surface area contributed by atoms with Gasteiger partial charge in [0.1, 0.15) is 24.4 Å². The lowest BCUT2D eigenvalue weighted by Crippen LogP contribution is -2.39. The van der Waals surface area contributed by atoms with Crippen LogP contribution < -0.4 is 0 Å². The maximum atomic E-state index is 9.38. The van der Waals surface area contributed by atoms with E-state index in [2.05, 4.69) is 0 Å². The first-order valence-electron chi connectivity index (χ1n) is 3.47. The summed E-state index contributed by atoms with van der Waals surface area (Å²) in [6, 6.07) is 0. The van der Waals surface area contributed by atoms with E-state index in [1.807, 2.05) is 0 Å². The van der Waals surface area contributed by atoms with Crippen LogP contribution in [0.1, 0.15) is 0 Å². The number of ether oxygens (including phenoxy) is 3. The van der Waals surface area contributed by atoms with Gasteiger partial charge in [-0.15, -0.1) is 0 Å². The summed E-state index contributed by atoms with van der Waals surface area (Å²) in [5.41, 5.74) is 0. The van der Waals surface area contributed by atoms with E-state index in [-0.39, 0.29) is 24.6 Å². The molecule has 0 aromatic heterocycles. The number of aliphatic hydroxyl groups excluding tert-OH is 1. The molecule has 56 valence electrons. The number of hydrogen-bond donors (Lipinski definition) is 1. The molecule has 3 aliphatic rings. The van der Waals surface area contributed by atoms with Gasteiger partial charge >= 0.3 is 0 Å². The molecule has 3 fully saturated rings. The summed E-state index contributed by atoms with van der Waals surface area (Å²) in [5, 5.41) is 9.38. The molecular weight excluding hydrogens is 136 g/mol. The van der Waals surface area contributed by atoms with Crippen LogP contribution in [0.5, 0.6) is 0 Å². The van der Waals surface area contributed by atoms with Gasteiger partial charge in [-0.25, -0.2) is 0 Å². The fourth-order valence-electron chi connectivity index (χ4n) is 1.63. The Balaban J connectivity index is 1.91. The average molecular weight is 144 g/mol. The zero-order valence-electron chi connectivity index (χ0n) is 5.27. The number of aliphatic hydroxyl groups is 1. The first-order valence-corrected chi connectivity index (χ1v) is 3.47. The largest absolute Gasteiger partial charge is 0.387 e. The fraction of sp³-hybridized carbons (Fsp3) is 1.00. The van der Waals surface area contributed by atoms with Crippen molar-refractivity contribution in [1.29, 1.82) is 0 Å². The van der Waals surface area contributed by atoms with E-state index in [4.69, 9.17) is 14.2 Å². The van der Waals surface area contributed by atoms with Crippen LogP contribution in [0.4, 0.5) is 0 Å². The normalized spacial score (nSPS) is 63.9. The SMILES string of the molecule is O[C@@H]1C2CO[C@H](O2)[C@H]2OC12. The Labute approximate surface area is 57.7 Å². The van der Waals surface area contributed by atoms with Crippen LogP contribution in [0, 0.1) is 0 Å². The number of epoxide rings is 1. The predicted molar refractivity (Wildman–Crippen MR) is 29.3 cm³/mol. The summed E-state index contributed by atoms with van der Waals surface area (Å²) in [5.74, 6) is 0. The van der Waals surface area contributed by atoms with Crippen LogP contribution in [0.2, 0.25) is 0 Å². The van der Waals surface area contributed by atoms with E-state index in [9.17, 15) is 5.11 Å². The monoisotopic (exact) mass is 144 g/mol. The van der Waals surface area contributed by atoms with E-state index >= 15 is 0 Å². The number of hydrogen-bond acceptors (Lipinski definition) is 4. The third kappa shape index (κ3) is 0.509. The zero-order valence-corrected chi connectivity index (χ0v) is 5.27. The van der Waals surface area contributed by atoms with Crippen LogP contribution in [0.3, 0.4) is 0 Å². The lowest BCUT2D eigenvalue weighted by molar-refractivity contribution is -0.103. The van der Waals surface area contributed by atoms with Crippen LogP contribution in [-0.4, -0.2) is 42.4 Å². The second-order valence-corrected chi connectivity index (χ2v) is 2.93. The highest BCUT2D eigenvalue weighted by atomic mass is 16.8. The van der Waals surface area contributed by atoms with Crippen molar-refractivity contribution in [1.82, 2.24) is 0 Å². The molecule has 2 bridgehead atoms. The van der Waals surface area contributed by atoms with Gasteiger partial charge in [0.2, 0.25) is 0 Å². The summed E-state index contributed by atoms with van der Waals surface area (Å²) in [6.45, 7) is 0.516. The minimum atomic E-state index is -0.469. The molecule has 4 nitrogen and oxygen atoms in total. The Bertz CT molecular complexity index is 169. The van der Waals surface area contributed by atoms with Gasteiger partial charge < -0.3 is 19.3 Å². The van der Waals surface area contributed by atoms with Gasteiger partial charge in [-0.05, 0) is 0 Å². The molecule has 2 unspecified atom stereocenters. The molecule has 0 aliphatic carbocycles. The zero-order chi connectivity index (χ0) is 6.72. The minimum Gasteiger partial charge on any atom is -0.387 e. The Morgan fingerprint density at radius 3 is 3.00 bits per heavy atom. The molecule has 0 saturated carbocycles. The predicted octanol–water partition coefficient (Wildman–Crippen LogP) is -1.13. The molecule has 10 heavy (non-hydrogen) atoms. The Hall–Kier alpha value is -0.160. The van der Waals surface area contributed by atoms with E-state index in [0.29, 0.717) is 6.61 Å². The van der Waals surface area contributed by atoms with Gasteiger partial charge in [-0.3, -0.25) is 0 Å². The van der Waals surface area contributed by atoms with Crippen molar-refractivity contribution in [2.75, 3.05) is 6.61 Å². The van der Waals surface area contributed by atoms with Crippen molar-refractivity contribution in [3.63, 3.8) is 0 Å². The smallest absolute Gasteiger partial charge is 0.187 e. The van der Waals surface area contributed by atoms with E-state index in [1.165, 1.54) is 0 Å². The van der Waals surface area contributed by atoms with Gasteiger partial charge in [0.15, 0.2) is 6.29 Å². The topological polar surface area (TPSA) is 51.2 Å². The third-order valence-electron chi connectivity index (χ3n) is 2.28. The van der Waals surface area contributed by atoms with Crippen LogP contribution in [0.15, 0.2) is 0 Å². The van der Waals surface area contributed by atoms with Crippen molar-refractivity contribution in [3.8, 4) is 0 Å². The summed E-state index contributed by atoms with van der Waals surface area (Å²) in [6.07, 6.45) is -0.809. The Morgan fingerprint density at radius 1 is 1.20 bits per heavy atom. The Morgan fingerprint density at radius 2 is 2.10 bits per heavy atom. The van der Waals surface area contributed by atoms with Gasteiger partial charge in [0.05, 0.1) is 6.61 Å². The quantitative estimate of drug-likeness (QED) is 0.437. The lowest BCUT2D eigenvalue weighted by atomic mass is 10.1. The molecule has 3 aliphatic heterocycles. The summed E-state index contributed by atoms with van der Waals surface area (Å²) in [4.78, 5) is 0. The van der Waals surface area contributed by atoms with Crippen LogP contribution >= 0.6 is 0 Å². The van der Waals surface area contributed by atoms with Gasteiger partial charge in [0.25, 0.3) is 0 Å². The van der Waals surface area contributed by atoms with Gasteiger partial charge in [0, 0.05) is 0 Å². The lowest BCUT2D eigenvalue weighted by Gasteiger charge is -2.18. The molecule has 3 saturated heterocycles. The number of fused-ring (bicyclic) bond motifs is 4. The summed E-state index contributed by atoms with van der Waals surface area (Å²) >= 11 is 0. The molecule has 4 heteroatoms. The highest BCUT2D eigenvalue weighted by molar-refractivity contribution is 5.03. The van der Waals surface area contributed by atoms with E-state index in [1.54, 1.807) is 0 Å². The third-order valence-corrected chi connectivity index (χ3v) is 2.28. The standard InChI is InChI=1S/C6H8O4/c7-3-2-1-8-6(9-2)5-4(3)10-5/h2-7H,1H2/t2?,3-,4?,5+,6-/m1/s1. The summed E-state index contributed by atoms with van der Waals surface area (Å²) < 4.78 is 15.6. The minimum absolute atomic E-state index is 0.00810. The maximum absolute atomic E-state index is 9.38. The molecule has 0 aromatic carbocycles. The number of rotatable bonds is 0. The second kappa shape index (κ2) is 1.53. The maximum Gasteiger partial charge on any atom is 0.187 e. The van der Waals surface area contributed by atoms with Crippen molar-refractivity contribution >= 4 is 0 Å². The Kier molecular flexibility index (Phi) is 0.840. The van der Waals surface area contributed by atoms with Crippen LogP contribution in [0.25, 0.3) is 0 Å². The molecule has 3 heterocycles. The molecular formula is C6H8O4. The molecule has 3 rings (SSSR count). The fourth-order valence-corrected chi connectivity index (χ4v) is 1.63. The van der Waals surface area contributed by atoms with E-state index < -0.39 is 6.10 Å². The molecule has 0 spiro atoms. The van der Waals surface area contributed by atoms with Crippen molar-refractivity contribution < 1.29 is 19.3 Å². The van der Waals surface area contributed by atoms with Gasteiger partial charge in [-0.1, -0.05) is 0 Å². The highest BCUT2D eigenvalue weighted by Gasteiger charge is 2.61. The molecule has 0 radical (unpaired) electrons.